The summed E-state index contributed by atoms with van der Waals surface area (Å²) in [6, 6.07) is 22.8. The highest BCUT2D eigenvalue weighted by Gasteiger charge is 2.40. The molecule has 0 saturated heterocycles. The van der Waals surface area contributed by atoms with Crippen LogP contribution in [0.5, 0.6) is 0 Å². The first-order valence-electron chi connectivity index (χ1n) is 13.6. The van der Waals surface area contributed by atoms with Crippen LogP contribution in [-0.2, 0) is 0 Å². The molecule has 0 radical (unpaired) electrons. The Labute approximate surface area is 215 Å². The quantitative estimate of drug-likeness (QED) is 0.255. The van der Waals surface area contributed by atoms with E-state index in [0.29, 0.717) is 0 Å². The number of nitrogens with zero attached hydrogens (tertiary/aromatic N) is 1. The normalized spacial score (nSPS) is 12.1. The minimum Gasteiger partial charge on any atom is -0.339 e. The standard InChI is InChI=1S/C29H47NOSSi2/c1-9-30(10-2)29(31)28-26(33(11-3,12-4)13-5)22-25(32-24-20-18-17-19-21-24)23-27(28)34(14-6,15-7)16-8/h17-23H,9-16H2,1-8H3. The summed E-state index contributed by atoms with van der Waals surface area (Å²) in [5.74, 6) is 0.283. The maximum Gasteiger partial charge on any atom is 0.253 e. The number of benzene rings is 2. The van der Waals surface area contributed by atoms with E-state index >= 15 is 0 Å². The lowest BCUT2D eigenvalue weighted by atomic mass is 10.2. The van der Waals surface area contributed by atoms with E-state index in [9.17, 15) is 4.79 Å². The molecule has 0 aliphatic rings. The van der Waals surface area contributed by atoms with Gasteiger partial charge in [0.25, 0.3) is 5.91 Å². The Kier molecular flexibility index (Phi) is 11.2. The van der Waals surface area contributed by atoms with Crippen LogP contribution in [0.2, 0.25) is 36.3 Å². The molecular formula is C29H47NOSSi2. The molecule has 0 aromatic heterocycles. The zero-order valence-electron chi connectivity index (χ0n) is 23.0. The third kappa shape index (κ3) is 5.74. The molecule has 0 heterocycles. The monoisotopic (exact) mass is 513 g/mol. The van der Waals surface area contributed by atoms with Gasteiger partial charge in [-0.1, -0.05) is 108 Å². The SMILES string of the molecule is CCN(CC)C(=O)c1c([Si](CC)(CC)CC)cc(Sc2ccccc2)cc1[Si](CC)(CC)CC. The smallest absolute Gasteiger partial charge is 0.253 e. The van der Waals surface area contributed by atoms with Crippen LogP contribution in [0, 0.1) is 0 Å². The molecule has 0 saturated carbocycles. The van der Waals surface area contributed by atoms with Crippen LogP contribution in [0.1, 0.15) is 65.7 Å². The van der Waals surface area contributed by atoms with Crippen molar-refractivity contribution in [2.45, 2.75) is 101 Å². The Hall–Kier alpha value is -1.31. The molecule has 0 atom stereocenters. The van der Waals surface area contributed by atoms with Crippen LogP contribution in [0.3, 0.4) is 0 Å². The van der Waals surface area contributed by atoms with Crippen LogP contribution in [-0.4, -0.2) is 40.0 Å². The van der Waals surface area contributed by atoms with E-state index in [-0.39, 0.29) is 5.91 Å². The molecule has 2 aromatic rings. The van der Waals surface area contributed by atoms with Crippen LogP contribution in [0.25, 0.3) is 0 Å². The van der Waals surface area contributed by atoms with E-state index in [2.05, 4.69) is 103 Å². The Morgan fingerprint density at radius 2 is 1.09 bits per heavy atom. The molecule has 0 unspecified atom stereocenters. The van der Waals surface area contributed by atoms with Crippen molar-refractivity contribution in [2.24, 2.45) is 0 Å². The van der Waals surface area contributed by atoms with E-state index in [1.54, 1.807) is 0 Å². The van der Waals surface area contributed by atoms with Gasteiger partial charge in [0, 0.05) is 28.4 Å². The van der Waals surface area contributed by atoms with Gasteiger partial charge in [-0.05, 0) is 48.5 Å². The maximum atomic E-state index is 14.3. The second-order valence-corrected chi connectivity index (χ2v) is 21.1. The van der Waals surface area contributed by atoms with Crippen LogP contribution >= 0.6 is 11.8 Å². The number of amides is 1. The third-order valence-corrected chi connectivity index (χ3v) is 20.7. The van der Waals surface area contributed by atoms with Crippen molar-refractivity contribution in [3.63, 3.8) is 0 Å². The fraction of sp³-hybridized carbons (Fsp3) is 0.552. The van der Waals surface area contributed by atoms with Crippen molar-refractivity contribution >= 4 is 44.2 Å². The highest BCUT2D eigenvalue weighted by Crippen LogP contribution is 2.32. The van der Waals surface area contributed by atoms with Crippen LogP contribution in [0.15, 0.2) is 52.3 Å². The number of carbonyl (C=O) groups excluding carboxylic acids is 1. The van der Waals surface area contributed by atoms with Crippen LogP contribution in [0.4, 0.5) is 0 Å². The second-order valence-electron chi connectivity index (χ2n) is 9.47. The highest BCUT2D eigenvalue weighted by molar-refractivity contribution is 7.99. The average molecular weight is 514 g/mol. The van der Waals surface area contributed by atoms with Gasteiger partial charge >= 0.3 is 0 Å². The van der Waals surface area contributed by atoms with E-state index < -0.39 is 16.1 Å². The van der Waals surface area contributed by atoms with Crippen molar-refractivity contribution in [3.8, 4) is 0 Å². The summed E-state index contributed by atoms with van der Waals surface area (Å²) in [7, 11) is -3.62. The van der Waals surface area contributed by atoms with Gasteiger partial charge in [-0.2, -0.15) is 0 Å². The van der Waals surface area contributed by atoms with E-state index in [4.69, 9.17) is 0 Å². The zero-order chi connectivity index (χ0) is 25.4. The molecule has 2 rings (SSSR count). The van der Waals surface area contributed by atoms with E-state index in [1.165, 1.54) is 56.4 Å². The molecule has 0 aliphatic carbocycles. The first-order valence-corrected chi connectivity index (χ1v) is 19.6. The third-order valence-electron chi connectivity index (χ3n) is 8.56. The molecule has 0 N–H and O–H groups in total. The number of rotatable bonds is 13. The summed E-state index contributed by atoms with van der Waals surface area (Å²) in [5.41, 5.74) is 1.12. The predicted molar refractivity (Wildman–Crippen MR) is 158 cm³/mol. The van der Waals surface area contributed by atoms with Crippen molar-refractivity contribution < 1.29 is 4.79 Å². The Bertz CT molecular complexity index is 861. The van der Waals surface area contributed by atoms with Gasteiger partial charge in [0.15, 0.2) is 0 Å². The lowest BCUT2D eigenvalue weighted by molar-refractivity contribution is 0.0775. The maximum absolute atomic E-state index is 14.3. The second kappa shape index (κ2) is 13.1. The molecule has 2 nitrogen and oxygen atoms in total. The van der Waals surface area contributed by atoms with Gasteiger partial charge in [-0.25, -0.2) is 0 Å². The Morgan fingerprint density at radius 1 is 0.676 bits per heavy atom. The van der Waals surface area contributed by atoms with E-state index in [1.807, 2.05) is 11.8 Å². The zero-order valence-corrected chi connectivity index (χ0v) is 25.8. The van der Waals surface area contributed by atoms with Crippen molar-refractivity contribution in [1.82, 2.24) is 4.90 Å². The fourth-order valence-corrected chi connectivity index (χ4v) is 14.7. The number of hydrogen-bond acceptors (Lipinski definition) is 2. The molecule has 34 heavy (non-hydrogen) atoms. The minimum atomic E-state index is -1.81. The summed E-state index contributed by atoms with van der Waals surface area (Å²) in [6.07, 6.45) is 0. The Balaban J connectivity index is 2.99. The first-order chi connectivity index (χ1) is 16.3. The summed E-state index contributed by atoms with van der Waals surface area (Å²) >= 11 is 1.87. The van der Waals surface area contributed by atoms with Gasteiger partial charge in [0.2, 0.25) is 0 Å². The molecule has 2 aromatic carbocycles. The lowest BCUT2D eigenvalue weighted by Gasteiger charge is -2.38. The molecule has 188 valence electrons. The largest absolute Gasteiger partial charge is 0.339 e. The van der Waals surface area contributed by atoms with Gasteiger partial charge in [-0.3, -0.25) is 4.79 Å². The molecule has 0 spiro atoms. The first kappa shape index (κ1) is 28.9. The van der Waals surface area contributed by atoms with Crippen LogP contribution < -0.4 is 10.4 Å². The predicted octanol–water partition coefficient (Wildman–Crippen LogP) is 7.75. The molecule has 0 bridgehead atoms. The van der Waals surface area contributed by atoms with Crippen molar-refractivity contribution in [2.75, 3.05) is 13.1 Å². The molecular weight excluding hydrogens is 467 g/mol. The lowest BCUT2D eigenvalue weighted by Crippen LogP contribution is -2.57. The van der Waals surface area contributed by atoms with E-state index in [0.717, 1.165) is 18.7 Å². The topological polar surface area (TPSA) is 20.3 Å². The minimum absolute atomic E-state index is 0.283. The van der Waals surface area contributed by atoms with Gasteiger partial charge in [0.05, 0.1) is 16.1 Å². The van der Waals surface area contributed by atoms with Crippen molar-refractivity contribution in [1.29, 1.82) is 0 Å². The summed E-state index contributed by atoms with van der Waals surface area (Å²) in [5, 5.41) is 2.89. The summed E-state index contributed by atoms with van der Waals surface area (Å²) < 4.78 is 0. The number of carbonyl (C=O) groups is 1. The summed E-state index contributed by atoms with van der Waals surface area (Å²) in [6.45, 7) is 20.0. The molecule has 5 heteroatoms. The van der Waals surface area contributed by atoms with Gasteiger partial charge < -0.3 is 4.90 Å². The van der Waals surface area contributed by atoms with Gasteiger partial charge in [0.1, 0.15) is 0 Å². The summed E-state index contributed by atoms with van der Waals surface area (Å²) in [4.78, 5) is 18.9. The highest BCUT2D eigenvalue weighted by atomic mass is 32.2. The molecule has 0 aliphatic heterocycles. The molecule has 1 amide bonds. The fourth-order valence-electron chi connectivity index (χ4n) is 5.68. The number of hydrogen-bond donors (Lipinski definition) is 0. The Morgan fingerprint density at radius 3 is 1.44 bits per heavy atom. The van der Waals surface area contributed by atoms with Crippen molar-refractivity contribution in [3.05, 3.63) is 48.0 Å². The van der Waals surface area contributed by atoms with Gasteiger partial charge in [-0.15, -0.1) is 0 Å². The average Bonchev–Trinajstić information content (AvgIpc) is 2.88. The molecule has 0 fully saturated rings.